The third-order valence-electron chi connectivity index (χ3n) is 3.73. The molecule has 23 heavy (non-hydrogen) atoms. The Morgan fingerprint density at radius 1 is 1.30 bits per heavy atom. The maximum Gasteiger partial charge on any atom is 0.313 e. The van der Waals surface area contributed by atoms with Gasteiger partial charge in [-0.25, -0.2) is 0 Å². The van der Waals surface area contributed by atoms with Gasteiger partial charge in [-0.2, -0.15) is 0 Å². The molecule has 0 spiro atoms. The van der Waals surface area contributed by atoms with Crippen molar-refractivity contribution in [1.29, 1.82) is 0 Å². The van der Waals surface area contributed by atoms with Gasteiger partial charge in [0.15, 0.2) is 0 Å². The lowest BCUT2D eigenvalue weighted by molar-refractivity contribution is -0.151. The van der Waals surface area contributed by atoms with Gasteiger partial charge in [0.05, 0.1) is 30.9 Å². The normalized spacial score (nSPS) is 16.1. The fourth-order valence-electron chi connectivity index (χ4n) is 2.51. The van der Waals surface area contributed by atoms with E-state index >= 15 is 0 Å². The van der Waals surface area contributed by atoms with Gasteiger partial charge in [-0.1, -0.05) is 6.07 Å². The maximum absolute atomic E-state index is 12.5. The highest BCUT2D eigenvalue weighted by molar-refractivity contribution is 6.22. The van der Waals surface area contributed by atoms with Gasteiger partial charge in [0, 0.05) is 6.54 Å². The van der Waals surface area contributed by atoms with E-state index in [0.29, 0.717) is 5.75 Å². The van der Waals surface area contributed by atoms with Gasteiger partial charge in [-0.05, 0) is 26.0 Å². The Hall–Kier alpha value is -2.41. The Morgan fingerprint density at radius 3 is 2.57 bits per heavy atom. The lowest BCUT2D eigenvalue weighted by Gasteiger charge is -2.23. The molecule has 0 saturated heterocycles. The molecule has 7 nitrogen and oxygen atoms in total. The lowest BCUT2D eigenvalue weighted by atomic mass is 10.0. The second-order valence-corrected chi connectivity index (χ2v) is 5.20. The fourth-order valence-corrected chi connectivity index (χ4v) is 2.51. The van der Waals surface area contributed by atoms with Crippen LogP contribution in [0.4, 0.5) is 0 Å². The molecule has 0 aromatic heterocycles. The summed E-state index contributed by atoms with van der Waals surface area (Å²) >= 11 is 0. The zero-order valence-electron chi connectivity index (χ0n) is 13.2. The first-order valence-corrected chi connectivity index (χ1v) is 7.30. The molecular formula is C16H19NO6. The van der Waals surface area contributed by atoms with Crippen molar-refractivity contribution in [3.05, 3.63) is 29.3 Å². The van der Waals surface area contributed by atoms with Gasteiger partial charge < -0.3 is 14.6 Å². The monoisotopic (exact) mass is 321 g/mol. The van der Waals surface area contributed by atoms with E-state index in [0.717, 1.165) is 4.90 Å². The second kappa shape index (κ2) is 6.78. The van der Waals surface area contributed by atoms with Crippen LogP contribution in [0.15, 0.2) is 18.2 Å². The molecule has 1 aliphatic rings. The predicted octanol–water partition coefficient (Wildman–Crippen LogP) is 0.851. The molecule has 2 amide bonds. The number of ether oxygens (including phenoxy) is 2. The number of benzene rings is 1. The summed E-state index contributed by atoms with van der Waals surface area (Å²) in [7, 11) is 1.41. The number of hydrogen-bond acceptors (Lipinski definition) is 6. The minimum absolute atomic E-state index is 0.151. The second-order valence-electron chi connectivity index (χ2n) is 5.20. The quantitative estimate of drug-likeness (QED) is 0.617. The number of methoxy groups -OCH3 is 1. The molecule has 124 valence electrons. The number of imide groups is 1. The molecule has 0 fully saturated rings. The van der Waals surface area contributed by atoms with E-state index < -0.39 is 29.8 Å². The van der Waals surface area contributed by atoms with Crippen LogP contribution in [-0.2, 0) is 9.53 Å². The first-order chi connectivity index (χ1) is 10.9. The average Bonchev–Trinajstić information content (AvgIpc) is 2.76. The van der Waals surface area contributed by atoms with E-state index in [-0.39, 0.29) is 24.3 Å². The molecular weight excluding hydrogens is 302 g/mol. The van der Waals surface area contributed by atoms with E-state index in [1.54, 1.807) is 19.1 Å². The van der Waals surface area contributed by atoms with Crippen LogP contribution >= 0.6 is 0 Å². The minimum atomic E-state index is -1.06. The summed E-state index contributed by atoms with van der Waals surface area (Å²) < 4.78 is 10.0. The Balaban J connectivity index is 2.30. The number of fused-ring (bicyclic) bond motifs is 1. The molecule has 0 saturated carbocycles. The van der Waals surface area contributed by atoms with Crippen molar-refractivity contribution in [2.75, 3.05) is 20.3 Å². The van der Waals surface area contributed by atoms with Crippen molar-refractivity contribution in [2.45, 2.75) is 20.0 Å². The molecule has 2 atom stereocenters. The highest BCUT2D eigenvalue weighted by Gasteiger charge is 2.41. The minimum Gasteiger partial charge on any atom is -0.496 e. The van der Waals surface area contributed by atoms with Crippen LogP contribution in [0.3, 0.4) is 0 Å². The van der Waals surface area contributed by atoms with Crippen LogP contribution in [0, 0.1) is 5.92 Å². The number of hydrogen-bond donors (Lipinski definition) is 1. The van der Waals surface area contributed by atoms with Crippen LogP contribution in [0.5, 0.6) is 5.75 Å². The highest BCUT2D eigenvalue weighted by Crippen LogP contribution is 2.31. The van der Waals surface area contributed by atoms with Gasteiger partial charge >= 0.3 is 5.97 Å². The van der Waals surface area contributed by atoms with Crippen molar-refractivity contribution in [3.63, 3.8) is 0 Å². The Labute approximate surface area is 133 Å². The molecule has 1 heterocycles. The maximum atomic E-state index is 12.5. The SMILES string of the molecule is CCOC(=O)C(CN1C(=O)c2cccc(OC)c2C1=O)C(C)O. The lowest BCUT2D eigenvalue weighted by Crippen LogP contribution is -2.42. The Morgan fingerprint density at radius 2 is 2.00 bits per heavy atom. The van der Waals surface area contributed by atoms with E-state index in [2.05, 4.69) is 0 Å². The topological polar surface area (TPSA) is 93.1 Å². The average molecular weight is 321 g/mol. The van der Waals surface area contributed by atoms with Crippen LogP contribution in [0.1, 0.15) is 34.6 Å². The zero-order valence-corrected chi connectivity index (χ0v) is 13.2. The van der Waals surface area contributed by atoms with Crippen molar-refractivity contribution in [2.24, 2.45) is 5.92 Å². The molecule has 1 aromatic rings. The molecule has 1 aromatic carbocycles. The molecule has 1 N–H and O–H groups in total. The van der Waals surface area contributed by atoms with E-state index in [4.69, 9.17) is 9.47 Å². The number of aliphatic hydroxyl groups is 1. The Kier molecular flexibility index (Phi) is 5.00. The van der Waals surface area contributed by atoms with Gasteiger partial charge in [0.2, 0.25) is 0 Å². The van der Waals surface area contributed by atoms with E-state index in [1.807, 2.05) is 0 Å². The standard InChI is InChI=1S/C16H19NO6/c1-4-23-16(21)11(9(2)18)8-17-14(19)10-6-5-7-12(22-3)13(10)15(17)20/h5-7,9,11,18H,4,8H2,1-3H3. The number of nitrogens with zero attached hydrogens (tertiary/aromatic N) is 1. The zero-order chi connectivity index (χ0) is 17.1. The summed E-state index contributed by atoms with van der Waals surface area (Å²) in [5, 5.41) is 9.78. The third kappa shape index (κ3) is 3.05. The largest absolute Gasteiger partial charge is 0.496 e. The van der Waals surface area contributed by atoms with Crippen molar-refractivity contribution < 1.29 is 29.0 Å². The molecule has 1 aliphatic heterocycles. The summed E-state index contributed by atoms with van der Waals surface area (Å²) in [4.78, 5) is 37.8. The summed E-state index contributed by atoms with van der Waals surface area (Å²) in [6.07, 6.45) is -1.06. The summed E-state index contributed by atoms with van der Waals surface area (Å²) in [6, 6.07) is 4.73. The number of amides is 2. The summed E-state index contributed by atoms with van der Waals surface area (Å²) in [5.41, 5.74) is 0.399. The number of carbonyl (C=O) groups excluding carboxylic acids is 3. The van der Waals surface area contributed by atoms with Gasteiger partial charge in [-0.15, -0.1) is 0 Å². The first-order valence-electron chi connectivity index (χ1n) is 7.30. The van der Waals surface area contributed by atoms with Crippen LogP contribution in [0.2, 0.25) is 0 Å². The molecule has 2 unspecified atom stereocenters. The van der Waals surface area contributed by atoms with Crippen LogP contribution in [0.25, 0.3) is 0 Å². The molecule has 7 heteroatoms. The predicted molar refractivity (Wildman–Crippen MR) is 80.2 cm³/mol. The number of aliphatic hydroxyl groups excluding tert-OH is 1. The Bertz CT molecular complexity index is 639. The van der Waals surface area contributed by atoms with E-state index in [1.165, 1.54) is 20.1 Å². The van der Waals surface area contributed by atoms with Gasteiger partial charge in [0.1, 0.15) is 11.7 Å². The van der Waals surface area contributed by atoms with Crippen LogP contribution < -0.4 is 4.74 Å². The fraction of sp³-hybridized carbons (Fsp3) is 0.438. The van der Waals surface area contributed by atoms with Crippen molar-refractivity contribution in [3.8, 4) is 5.75 Å². The molecule has 0 bridgehead atoms. The van der Waals surface area contributed by atoms with Gasteiger partial charge in [0.25, 0.3) is 11.8 Å². The third-order valence-corrected chi connectivity index (χ3v) is 3.73. The number of esters is 1. The number of carbonyl (C=O) groups is 3. The van der Waals surface area contributed by atoms with Crippen molar-refractivity contribution >= 4 is 17.8 Å². The number of rotatable bonds is 6. The van der Waals surface area contributed by atoms with E-state index in [9.17, 15) is 19.5 Å². The first kappa shape index (κ1) is 17.0. The molecule has 0 aliphatic carbocycles. The molecule has 2 rings (SSSR count). The highest BCUT2D eigenvalue weighted by atomic mass is 16.5. The molecule has 0 radical (unpaired) electrons. The van der Waals surface area contributed by atoms with Crippen molar-refractivity contribution in [1.82, 2.24) is 4.90 Å². The summed E-state index contributed by atoms with van der Waals surface area (Å²) in [6.45, 7) is 2.97. The van der Waals surface area contributed by atoms with Gasteiger partial charge in [-0.3, -0.25) is 19.3 Å². The smallest absolute Gasteiger partial charge is 0.313 e. The van der Waals surface area contributed by atoms with Crippen LogP contribution in [-0.4, -0.2) is 54.2 Å². The summed E-state index contributed by atoms with van der Waals surface area (Å²) in [5.74, 6) is -2.40.